The number of aryl methyl sites for hydroxylation is 1. The smallest absolute Gasteiger partial charge is 0.414 e. The number of amides is 1. The maximum absolute atomic E-state index is 13.4. The van der Waals surface area contributed by atoms with Crippen molar-refractivity contribution in [3.05, 3.63) is 47.0 Å². The molecule has 9 heteroatoms. The Morgan fingerprint density at radius 2 is 2.07 bits per heavy atom. The van der Waals surface area contributed by atoms with Crippen LogP contribution < -0.4 is 4.90 Å². The largest absolute Gasteiger partial charge is 0.481 e. The Hall–Kier alpha value is -2.87. The molecule has 1 aliphatic heterocycles. The lowest BCUT2D eigenvalue weighted by Crippen LogP contribution is -2.47. The Balaban J connectivity index is 2.21. The number of carbonyl (C=O) groups is 3. The molecule has 1 N–H and O–H groups in total. The lowest BCUT2D eigenvalue weighted by Gasteiger charge is -2.28. The van der Waals surface area contributed by atoms with Crippen LogP contribution in [0.25, 0.3) is 0 Å². The van der Waals surface area contributed by atoms with Crippen molar-refractivity contribution in [2.75, 3.05) is 11.5 Å². The molecule has 0 saturated heterocycles. The van der Waals surface area contributed by atoms with E-state index in [4.69, 9.17) is 16.3 Å². The molecule has 1 aromatic carbocycles. The first-order chi connectivity index (χ1) is 13.3. The molecule has 8 nitrogen and oxygen atoms in total. The third kappa shape index (κ3) is 3.24. The number of carbonyl (C=O) groups excluding carboxylic acids is 2. The molecule has 148 valence electrons. The standard InChI is InChI=1S/C19H20ClN3O5/c1-4-28-19(27)23-13-9-11(20)5-6-12(13)14(10(2)18(25)26)15(23)16(24)17-21-7-8-22(17)3/h5-10,14-15H,4H2,1-3H3,(H,25,26). The monoisotopic (exact) mass is 405 g/mol. The van der Waals surface area contributed by atoms with Gasteiger partial charge in [-0.3, -0.25) is 14.5 Å². The van der Waals surface area contributed by atoms with E-state index in [0.29, 0.717) is 16.3 Å². The van der Waals surface area contributed by atoms with Crippen molar-refractivity contribution in [2.24, 2.45) is 13.0 Å². The van der Waals surface area contributed by atoms with Crippen molar-refractivity contribution >= 4 is 35.1 Å². The highest BCUT2D eigenvalue weighted by Gasteiger charge is 2.51. The van der Waals surface area contributed by atoms with Gasteiger partial charge >= 0.3 is 12.1 Å². The SMILES string of the molecule is CCOC(=O)N1c2cc(Cl)ccc2C(C(C)C(=O)O)C1C(=O)c1nccn1C. The highest BCUT2D eigenvalue weighted by atomic mass is 35.5. The number of nitrogens with zero attached hydrogens (tertiary/aromatic N) is 3. The van der Waals surface area contributed by atoms with Gasteiger partial charge in [0.15, 0.2) is 5.82 Å². The van der Waals surface area contributed by atoms with E-state index in [1.54, 1.807) is 38.4 Å². The van der Waals surface area contributed by atoms with E-state index >= 15 is 0 Å². The number of fused-ring (bicyclic) bond motifs is 1. The van der Waals surface area contributed by atoms with E-state index in [2.05, 4.69) is 4.98 Å². The zero-order valence-electron chi connectivity index (χ0n) is 15.6. The van der Waals surface area contributed by atoms with Gasteiger partial charge in [-0.1, -0.05) is 24.6 Å². The van der Waals surface area contributed by atoms with E-state index in [1.165, 1.54) is 22.6 Å². The number of rotatable bonds is 5. The Morgan fingerprint density at radius 1 is 1.36 bits per heavy atom. The summed E-state index contributed by atoms with van der Waals surface area (Å²) in [5, 5.41) is 10.0. The number of anilines is 1. The molecule has 0 radical (unpaired) electrons. The first kappa shape index (κ1) is 19.9. The second kappa shape index (κ2) is 7.63. The molecule has 3 rings (SSSR count). The minimum atomic E-state index is -1.11. The molecule has 1 aliphatic rings. The number of ether oxygens (including phenoxy) is 1. The molecule has 2 aromatic rings. The van der Waals surface area contributed by atoms with Gasteiger partial charge in [-0.05, 0) is 24.6 Å². The number of imidazole rings is 1. The van der Waals surface area contributed by atoms with Crippen LogP contribution in [0.15, 0.2) is 30.6 Å². The number of carboxylic acid groups (broad SMARTS) is 1. The van der Waals surface area contributed by atoms with Crippen molar-refractivity contribution in [3.63, 3.8) is 0 Å². The van der Waals surface area contributed by atoms with Crippen LogP contribution in [0.2, 0.25) is 5.02 Å². The predicted octanol–water partition coefficient (Wildman–Crippen LogP) is 3.11. The molecule has 0 saturated carbocycles. The third-order valence-corrected chi connectivity index (χ3v) is 5.17. The Kier molecular flexibility index (Phi) is 5.42. The van der Waals surface area contributed by atoms with Crippen molar-refractivity contribution in [3.8, 4) is 0 Å². The van der Waals surface area contributed by atoms with Crippen molar-refractivity contribution < 1.29 is 24.2 Å². The molecule has 0 aliphatic carbocycles. The van der Waals surface area contributed by atoms with Crippen molar-refractivity contribution in [2.45, 2.75) is 25.8 Å². The zero-order valence-corrected chi connectivity index (χ0v) is 16.4. The number of hydrogen-bond donors (Lipinski definition) is 1. The average Bonchev–Trinajstić information content (AvgIpc) is 3.21. The van der Waals surface area contributed by atoms with Crippen LogP contribution >= 0.6 is 11.6 Å². The van der Waals surface area contributed by atoms with E-state index in [0.717, 1.165) is 0 Å². The lowest BCUT2D eigenvalue weighted by atomic mass is 9.82. The summed E-state index contributed by atoms with van der Waals surface area (Å²) in [6.07, 6.45) is 2.34. The Bertz CT molecular complexity index is 941. The lowest BCUT2D eigenvalue weighted by molar-refractivity contribution is -0.141. The minimum absolute atomic E-state index is 0.105. The van der Waals surface area contributed by atoms with Gasteiger partial charge in [-0.25, -0.2) is 9.78 Å². The molecule has 0 bridgehead atoms. The van der Waals surface area contributed by atoms with E-state index < -0.39 is 35.7 Å². The third-order valence-electron chi connectivity index (χ3n) is 4.93. The molecule has 28 heavy (non-hydrogen) atoms. The van der Waals surface area contributed by atoms with Gasteiger partial charge in [0.25, 0.3) is 0 Å². The van der Waals surface area contributed by atoms with Crippen LogP contribution in [-0.2, 0) is 16.6 Å². The van der Waals surface area contributed by atoms with Gasteiger partial charge in [-0.15, -0.1) is 0 Å². The summed E-state index contributed by atoms with van der Waals surface area (Å²) < 4.78 is 6.69. The highest BCUT2D eigenvalue weighted by Crippen LogP contribution is 2.47. The number of aliphatic carboxylic acids is 1. The van der Waals surface area contributed by atoms with Gasteiger partial charge in [0.1, 0.15) is 6.04 Å². The molecular formula is C19H20ClN3O5. The predicted molar refractivity (Wildman–Crippen MR) is 102 cm³/mol. The van der Waals surface area contributed by atoms with E-state index in [-0.39, 0.29) is 12.4 Å². The van der Waals surface area contributed by atoms with Crippen LogP contribution in [0.4, 0.5) is 10.5 Å². The molecule has 0 spiro atoms. The number of ketones is 1. The van der Waals surface area contributed by atoms with Gasteiger partial charge < -0.3 is 14.4 Å². The van der Waals surface area contributed by atoms with Gasteiger partial charge in [0.2, 0.25) is 5.78 Å². The number of Topliss-reactive ketones (excluding diaryl/α,β-unsaturated/α-hetero) is 1. The first-order valence-electron chi connectivity index (χ1n) is 8.77. The van der Waals surface area contributed by atoms with Crippen LogP contribution in [0.1, 0.15) is 35.9 Å². The second-order valence-electron chi connectivity index (χ2n) is 6.60. The molecule has 3 unspecified atom stereocenters. The summed E-state index contributed by atoms with van der Waals surface area (Å²) in [5.41, 5.74) is 0.927. The number of hydrogen-bond acceptors (Lipinski definition) is 5. The summed E-state index contributed by atoms with van der Waals surface area (Å²) in [6, 6.07) is 3.69. The fourth-order valence-electron chi connectivity index (χ4n) is 3.60. The second-order valence-corrected chi connectivity index (χ2v) is 7.03. The number of aromatic nitrogens is 2. The number of carboxylic acids is 1. The molecular weight excluding hydrogens is 386 g/mol. The van der Waals surface area contributed by atoms with E-state index in [1.807, 2.05) is 0 Å². The van der Waals surface area contributed by atoms with Crippen LogP contribution in [0.5, 0.6) is 0 Å². The summed E-state index contributed by atoms with van der Waals surface area (Å²) in [6.45, 7) is 3.27. The van der Waals surface area contributed by atoms with Crippen LogP contribution in [0.3, 0.4) is 0 Å². The van der Waals surface area contributed by atoms with Gasteiger partial charge in [0, 0.05) is 30.4 Å². The molecule has 1 amide bonds. The van der Waals surface area contributed by atoms with Gasteiger partial charge in [-0.2, -0.15) is 0 Å². The number of halogens is 1. The van der Waals surface area contributed by atoms with Crippen LogP contribution in [-0.4, -0.2) is 45.2 Å². The summed E-state index contributed by atoms with van der Waals surface area (Å²) in [4.78, 5) is 43.2. The zero-order chi connectivity index (χ0) is 20.6. The number of benzene rings is 1. The van der Waals surface area contributed by atoms with Crippen LogP contribution in [0, 0.1) is 5.92 Å². The Morgan fingerprint density at radius 3 is 2.64 bits per heavy atom. The van der Waals surface area contributed by atoms with Gasteiger partial charge in [0.05, 0.1) is 18.2 Å². The maximum Gasteiger partial charge on any atom is 0.414 e. The van der Waals surface area contributed by atoms with Crippen molar-refractivity contribution in [1.29, 1.82) is 0 Å². The summed E-state index contributed by atoms with van der Waals surface area (Å²) in [5.74, 6) is -3.13. The molecule has 1 aromatic heterocycles. The van der Waals surface area contributed by atoms with E-state index in [9.17, 15) is 19.5 Å². The molecule has 2 heterocycles. The quantitative estimate of drug-likeness (QED) is 0.767. The minimum Gasteiger partial charge on any atom is -0.481 e. The maximum atomic E-state index is 13.4. The first-order valence-corrected chi connectivity index (χ1v) is 9.15. The topological polar surface area (TPSA) is 102 Å². The molecule has 0 fully saturated rings. The van der Waals surface area contributed by atoms with Crippen molar-refractivity contribution in [1.82, 2.24) is 9.55 Å². The summed E-state index contributed by atoms with van der Waals surface area (Å²) in [7, 11) is 1.66. The summed E-state index contributed by atoms with van der Waals surface area (Å²) >= 11 is 6.12. The highest BCUT2D eigenvalue weighted by molar-refractivity contribution is 6.31. The Labute approximate surface area is 166 Å². The fraction of sp³-hybridized carbons (Fsp3) is 0.368. The average molecular weight is 406 g/mol. The molecule has 3 atom stereocenters. The fourth-order valence-corrected chi connectivity index (χ4v) is 3.77. The normalized spacial score (nSPS) is 19.2.